The van der Waals surface area contributed by atoms with Gasteiger partial charge in [-0.2, -0.15) is 0 Å². The lowest BCUT2D eigenvalue weighted by molar-refractivity contribution is -0.153. The molecular weight excluding hydrogens is 534 g/mol. The van der Waals surface area contributed by atoms with Crippen LogP contribution in [0, 0.1) is 5.41 Å². The van der Waals surface area contributed by atoms with Gasteiger partial charge in [0.15, 0.2) is 0 Å². The number of aliphatic carboxylic acids is 1. The SMILES string of the molecule is COc1ccc2ncc(Cl)c([C@@H](F)CCC3(C(=O)O)CCN(CCCSc4cccc(Cl)c4)CC3)c2c1. The Morgan fingerprint density at radius 1 is 1.24 bits per heavy atom. The molecule has 5 nitrogen and oxygen atoms in total. The average molecular weight is 566 g/mol. The number of ether oxygens (including phenoxy) is 1. The van der Waals surface area contributed by atoms with E-state index in [9.17, 15) is 9.90 Å². The van der Waals surface area contributed by atoms with Gasteiger partial charge in [0.2, 0.25) is 0 Å². The maximum absolute atomic E-state index is 15.6. The van der Waals surface area contributed by atoms with Crippen molar-refractivity contribution >= 4 is 51.8 Å². The zero-order valence-corrected chi connectivity index (χ0v) is 23.1. The van der Waals surface area contributed by atoms with Gasteiger partial charge < -0.3 is 14.7 Å². The third kappa shape index (κ3) is 6.88. The Balaban J connectivity index is 1.33. The van der Waals surface area contributed by atoms with Gasteiger partial charge >= 0.3 is 5.97 Å². The van der Waals surface area contributed by atoms with E-state index >= 15 is 4.39 Å². The molecule has 1 atom stereocenters. The van der Waals surface area contributed by atoms with Crippen LogP contribution in [0.3, 0.4) is 0 Å². The molecule has 3 aromatic rings. The number of carboxylic acids is 1. The lowest BCUT2D eigenvalue weighted by Crippen LogP contribution is -2.44. The summed E-state index contributed by atoms with van der Waals surface area (Å²) in [6.07, 6.45) is 2.41. The second-order valence-corrected chi connectivity index (χ2v) is 11.5. The van der Waals surface area contributed by atoms with Crippen molar-refractivity contribution in [1.82, 2.24) is 9.88 Å². The van der Waals surface area contributed by atoms with Crippen molar-refractivity contribution in [3.8, 4) is 5.75 Å². The van der Waals surface area contributed by atoms with Crippen molar-refractivity contribution in [1.29, 1.82) is 0 Å². The summed E-state index contributed by atoms with van der Waals surface area (Å²) in [4.78, 5) is 20.1. The number of carboxylic acid groups (broad SMARTS) is 1. The molecule has 0 unspecified atom stereocenters. The van der Waals surface area contributed by atoms with Gasteiger partial charge in [-0.15, -0.1) is 11.8 Å². The molecule has 198 valence electrons. The number of nitrogens with zero attached hydrogens (tertiary/aromatic N) is 2. The summed E-state index contributed by atoms with van der Waals surface area (Å²) in [7, 11) is 1.55. The molecule has 0 aliphatic carbocycles. The van der Waals surface area contributed by atoms with E-state index in [1.54, 1.807) is 37.1 Å². The van der Waals surface area contributed by atoms with Crippen molar-refractivity contribution in [3.05, 3.63) is 64.3 Å². The first kappa shape index (κ1) is 28.0. The van der Waals surface area contributed by atoms with Crippen LogP contribution in [-0.2, 0) is 4.79 Å². The topological polar surface area (TPSA) is 62.7 Å². The molecule has 37 heavy (non-hydrogen) atoms. The second-order valence-electron chi connectivity index (χ2n) is 9.50. The molecule has 0 amide bonds. The molecule has 0 spiro atoms. The first-order chi connectivity index (χ1) is 17.8. The first-order valence-corrected chi connectivity index (χ1v) is 14.2. The number of alkyl halides is 1. The number of pyridine rings is 1. The summed E-state index contributed by atoms with van der Waals surface area (Å²) >= 11 is 14.2. The molecule has 2 aromatic carbocycles. The summed E-state index contributed by atoms with van der Waals surface area (Å²) in [5.41, 5.74) is 0.0435. The number of rotatable bonds is 11. The fourth-order valence-electron chi connectivity index (χ4n) is 4.97. The molecule has 1 fully saturated rings. The highest BCUT2D eigenvalue weighted by Crippen LogP contribution is 2.42. The maximum atomic E-state index is 15.6. The molecule has 1 aliphatic heterocycles. The van der Waals surface area contributed by atoms with Gasteiger partial charge in [0.1, 0.15) is 11.9 Å². The highest BCUT2D eigenvalue weighted by molar-refractivity contribution is 7.99. The van der Waals surface area contributed by atoms with Crippen molar-refractivity contribution in [2.75, 3.05) is 32.5 Å². The number of aromatic nitrogens is 1. The predicted octanol–water partition coefficient (Wildman–Crippen LogP) is 7.69. The summed E-state index contributed by atoms with van der Waals surface area (Å²) in [5.74, 6) is 0.712. The average Bonchev–Trinajstić information content (AvgIpc) is 2.90. The van der Waals surface area contributed by atoms with E-state index in [0.29, 0.717) is 48.1 Å². The summed E-state index contributed by atoms with van der Waals surface area (Å²) in [6, 6.07) is 13.1. The minimum atomic E-state index is -1.40. The molecule has 0 radical (unpaired) electrons. The fourth-order valence-corrected chi connectivity index (χ4v) is 6.39. The number of thioether (sulfide) groups is 1. The first-order valence-electron chi connectivity index (χ1n) is 12.4. The smallest absolute Gasteiger partial charge is 0.309 e. The zero-order valence-electron chi connectivity index (χ0n) is 20.8. The lowest BCUT2D eigenvalue weighted by Gasteiger charge is -2.39. The zero-order chi connectivity index (χ0) is 26.4. The summed E-state index contributed by atoms with van der Waals surface area (Å²) < 4.78 is 20.9. The van der Waals surface area contributed by atoms with Crippen LogP contribution in [0.25, 0.3) is 10.9 Å². The van der Waals surface area contributed by atoms with Crippen molar-refractivity contribution in [2.45, 2.75) is 43.2 Å². The van der Waals surface area contributed by atoms with Crippen LogP contribution in [0.5, 0.6) is 5.75 Å². The number of piperidine rings is 1. The fraction of sp³-hybridized carbons (Fsp3) is 0.429. The highest BCUT2D eigenvalue weighted by atomic mass is 35.5. The van der Waals surface area contributed by atoms with Crippen LogP contribution in [0.2, 0.25) is 10.0 Å². The summed E-state index contributed by atoms with van der Waals surface area (Å²) in [6.45, 7) is 2.30. The largest absolute Gasteiger partial charge is 0.497 e. The molecule has 4 rings (SSSR count). The van der Waals surface area contributed by atoms with Gasteiger partial charge in [0, 0.05) is 27.1 Å². The molecule has 1 saturated heterocycles. The van der Waals surface area contributed by atoms with Crippen LogP contribution < -0.4 is 4.74 Å². The summed E-state index contributed by atoms with van der Waals surface area (Å²) in [5, 5.41) is 11.7. The third-order valence-corrected chi connectivity index (χ3v) is 8.82. The Bertz CT molecular complexity index is 1240. The number of methoxy groups -OCH3 is 1. The van der Waals surface area contributed by atoms with E-state index in [0.717, 1.165) is 28.6 Å². The van der Waals surface area contributed by atoms with Gasteiger partial charge in [-0.25, -0.2) is 4.39 Å². The molecule has 9 heteroatoms. The molecule has 1 aromatic heterocycles. The Morgan fingerprint density at radius 3 is 2.73 bits per heavy atom. The van der Waals surface area contributed by atoms with Gasteiger partial charge in [-0.1, -0.05) is 29.3 Å². The van der Waals surface area contributed by atoms with Crippen molar-refractivity contribution < 1.29 is 19.0 Å². The molecule has 1 aliphatic rings. The number of hydrogen-bond donors (Lipinski definition) is 1. The number of benzene rings is 2. The van der Waals surface area contributed by atoms with Crippen LogP contribution in [0.15, 0.2) is 53.6 Å². The molecule has 0 bridgehead atoms. The maximum Gasteiger partial charge on any atom is 0.309 e. The van der Waals surface area contributed by atoms with Crippen molar-refractivity contribution in [2.24, 2.45) is 5.41 Å². The Kier molecular flexibility index (Phi) is 9.57. The van der Waals surface area contributed by atoms with Crippen LogP contribution >= 0.6 is 35.0 Å². The van der Waals surface area contributed by atoms with E-state index in [1.807, 2.05) is 18.2 Å². The van der Waals surface area contributed by atoms with Gasteiger partial charge in [-0.3, -0.25) is 9.78 Å². The highest BCUT2D eigenvalue weighted by Gasteiger charge is 2.41. The monoisotopic (exact) mass is 564 g/mol. The number of carbonyl (C=O) groups is 1. The number of fused-ring (bicyclic) bond motifs is 1. The Morgan fingerprint density at radius 2 is 2.03 bits per heavy atom. The molecule has 2 heterocycles. The van der Waals surface area contributed by atoms with Crippen LogP contribution in [0.4, 0.5) is 4.39 Å². The normalized spacial score (nSPS) is 16.5. The quantitative estimate of drug-likeness (QED) is 0.190. The molecule has 1 N–H and O–H groups in total. The van der Waals surface area contributed by atoms with E-state index in [-0.39, 0.29) is 17.9 Å². The van der Waals surface area contributed by atoms with Crippen LogP contribution in [-0.4, -0.2) is 53.5 Å². The number of hydrogen-bond acceptors (Lipinski definition) is 5. The standard InChI is InChI=1S/C28H31Cl2FN2O3S/c1-36-20-6-7-25-22(17-20)26(23(30)18-32-25)24(31)8-9-28(27(34)35)10-13-33(14-11-28)12-3-15-37-21-5-2-4-19(29)16-21/h2,4-7,16-18,24H,3,8-15H2,1H3,(H,34,35)/t24-/m0/s1. The van der Waals surface area contributed by atoms with E-state index in [1.165, 1.54) is 6.20 Å². The Labute approximate surface area is 231 Å². The van der Waals surface area contributed by atoms with Gasteiger partial charge in [0.25, 0.3) is 0 Å². The van der Waals surface area contributed by atoms with Crippen molar-refractivity contribution in [3.63, 3.8) is 0 Å². The lowest BCUT2D eigenvalue weighted by atomic mass is 9.74. The van der Waals surface area contributed by atoms with Gasteiger partial charge in [-0.05, 0) is 93.9 Å². The third-order valence-electron chi connectivity index (χ3n) is 7.21. The van der Waals surface area contributed by atoms with Crippen LogP contribution in [0.1, 0.15) is 43.8 Å². The number of likely N-dealkylation sites (tertiary alicyclic amines) is 1. The molecular formula is C28H31Cl2FN2O3S. The Hall–Kier alpha value is -2.06. The molecule has 0 saturated carbocycles. The van der Waals surface area contributed by atoms with Gasteiger partial charge in [0.05, 0.1) is 23.1 Å². The minimum Gasteiger partial charge on any atom is -0.497 e. The second kappa shape index (κ2) is 12.7. The van der Waals surface area contributed by atoms with E-state index < -0.39 is 17.6 Å². The van der Waals surface area contributed by atoms with E-state index in [2.05, 4.69) is 16.0 Å². The number of halogens is 3. The minimum absolute atomic E-state index is 0.0820. The predicted molar refractivity (Wildman–Crippen MR) is 149 cm³/mol. The van der Waals surface area contributed by atoms with E-state index in [4.69, 9.17) is 27.9 Å².